The molecule has 0 spiro atoms. The summed E-state index contributed by atoms with van der Waals surface area (Å²) in [5.74, 6) is -2.03. The highest BCUT2D eigenvalue weighted by Crippen LogP contribution is 2.38. The number of halogens is 4. The number of ether oxygens (including phenoxy) is 2. The smallest absolute Gasteiger partial charge is 0.434 e. The Morgan fingerprint density at radius 2 is 1.48 bits per heavy atom. The van der Waals surface area contributed by atoms with Gasteiger partial charge in [0.15, 0.2) is 0 Å². The minimum absolute atomic E-state index is 0.109. The number of rotatable bonds is 7. The summed E-state index contributed by atoms with van der Waals surface area (Å²) in [5.41, 5.74) is -1.93. The van der Waals surface area contributed by atoms with E-state index in [1.54, 1.807) is 27.7 Å². The first-order valence-corrected chi connectivity index (χ1v) is 9.13. The molecule has 1 N–H and O–H groups in total. The molecule has 1 aliphatic carbocycles. The molecule has 3 rings (SSSR count). The molecule has 0 bridgehead atoms. The number of nitrogens with one attached hydrogen (secondary N) is 1. The Hall–Kier alpha value is -2.01. The maximum Gasteiger partial charge on any atom is 0.495 e. The molecule has 11 heteroatoms. The fourth-order valence-corrected chi connectivity index (χ4v) is 2.81. The van der Waals surface area contributed by atoms with Gasteiger partial charge < -0.3 is 24.1 Å². The Kier molecular flexibility index (Phi) is 5.74. The lowest BCUT2D eigenvalue weighted by atomic mass is 9.78. The molecule has 6 nitrogen and oxygen atoms in total. The molecular weight excluding hydrogens is 397 g/mol. The van der Waals surface area contributed by atoms with Gasteiger partial charge in [-0.1, -0.05) is 0 Å². The van der Waals surface area contributed by atoms with E-state index < -0.39 is 54.5 Å². The molecule has 1 saturated carbocycles. The van der Waals surface area contributed by atoms with E-state index in [-0.39, 0.29) is 11.5 Å². The zero-order chi connectivity index (χ0) is 21.6. The van der Waals surface area contributed by atoms with Crippen molar-refractivity contribution in [3.05, 3.63) is 17.7 Å². The van der Waals surface area contributed by atoms with Crippen LogP contribution in [0, 0.1) is 0 Å². The zero-order valence-electron chi connectivity index (χ0n) is 16.4. The van der Waals surface area contributed by atoms with E-state index in [1.165, 1.54) is 0 Å². The summed E-state index contributed by atoms with van der Waals surface area (Å²) in [6.45, 7) is 0.538. The Morgan fingerprint density at radius 3 is 1.86 bits per heavy atom. The van der Waals surface area contributed by atoms with Crippen molar-refractivity contribution in [1.29, 1.82) is 0 Å². The van der Waals surface area contributed by atoms with Crippen molar-refractivity contribution in [3.63, 3.8) is 0 Å². The predicted octanol–water partition coefficient (Wildman–Crippen LogP) is 3.08. The molecule has 1 aromatic carbocycles. The topological polar surface area (TPSA) is 66.0 Å². The monoisotopic (exact) mass is 419 g/mol. The normalized spacial score (nSPS) is 20.3. The number of hydrogen-bond donors (Lipinski definition) is 1. The third-order valence-electron chi connectivity index (χ3n) is 5.19. The summed E-state index contributed by atoms with van der Waals surface area (Å²) in [7, 11) is -1.06. The highest BCUT2D eigenvalue weighted by molar-refractivity contribution is 6.62. The van der Waals surface area contributed by atoms with E-state index in [0.29, 0.717) is 12.8 Å². The van der Waals surface area contributed by atoms with Crippen LogP contribution in [0.25, 0.3) is 0 Å². The van der Waals surface area contributed by atoms with E-state index in [2.05, 4.69) is 14.8 Å². The van der Waals surface area contributed by atoms with E-state index in [9.17, 15) is 22.4 Å². The Balaban J connectivity index is 2.05. The van der Waals surface area contributed by atoms with Gasteiger partial charge in [-0.05, 0) is 58.1 Å². The van der Waals surface area contributed by atoms with Crippen LogP contribution in [-0.4, -0.2) is 43.5 Å². The molecule has 1 heterocycles. The van der Waals surface area contributed by atoms with Gasteiger partial charge in [-0.25, -0.2) is 0 Å². The summed E-state index contributed by atoms with van der Waals surface area (Å²) in [6, 6.07) is 2.10. The standard InChI is InChI=1S/C18H22BF4NO5/c1-17(2)18(3,4)29-19(28-17)9-7-11(26-15(20)21)13(12(8-9)27-16(22)23)14(25)24-10-5-6-10/h7-8,10,15-16H,5-6H2,1-4H3,(H,24,25). The van der Waals surface area contributed by atoms with Gasteiger partial charge in [0.05, 0.1) is 11.2 Å². The summed E-state index contributed by atoms with van der Waals surface area (Å²) >= 11 is 0. The highest BCUT2D eigenvalue weighted by atomic mass is 19.3. The molecule has 2 aliphatic rings. The first-order valence-electron chi connectivity index (χ1n) is 9.13. The van der Waals surface area contributed by atoms with E-state index >= 15 is 0 Å². The largest absolute Gasteiger partial charge is 0.495 e. The third kappa shape index (κ3) is 4.77. The van der Waals surface area contributed by atoms with Crippen molar-refractivity contribution in [3.8, 4) is 11.5 Å². The second kappa shape index (κ2) is 7.68. The molecule has 1 aromatic rings. The molecule has 1 amide bonds. The molecule has 29 heavy (non-hydrogen) atoms. The van der Waals surface area contributed by atoms with Crippen molar-refractivity contribution < 1.29 is 41.1 Å². The molecule has 0 radical (unpaired) electrons. The number of carbonyl (C=O) groups excluding carboxylic acids is 1. The van der Waals surface area contributed by atoms with Gasteiger partial charge >= 0.3 is 20.3 Å². The third-order valence-corrected chi connectivity index (χ3v) is 5.19. The zero-order valence-corrected chi connectivity index (χ0v) is 16.4. The molecule has 160 valence electrons. The first-order chi connectivity index (χ1) is 13.4. The van der Waals surface area contributed by atoms with E-state index in [4.69, 9.17) is 9.31 Å². The second-order valence-electron chi connectivity index (χ2n) is 7.99. The summed E-state index contributed by atoms with van der Waals surface area (Å²) in [5, 5.41) is 2.56. The van der Waals surface area contributed by atoms with Crippen LogP contribution < -0.4 is 20.3 Å². The van der Waals surface area contributed by atoms with Crippen molar-refractivity contribution in [2.45, 2.75) is 71.0 Å². The van der Waals surface area contributed by atoms with Crippen LogP contribution >= 0.6 is 0 Å². The maximum atomic E-state index is 13.0. The predicted molar refractivity (Wildman–Crippen MR) is 95.9 cm³/mol. The lowest BCUT2D eigenvalue weighted by Gasteiger charge is -2.32. The first kappa shape index (κ1) is 21.7. The molecule has 0 atom stereocenters. The van der Waals surface area contributed by atoms with Gasteiger partial charge in [0, 0.05) is 6.04 Å². The van der Waals surface area contributed by atoms with Crippen molar-refractivity contribution in [1.82, 2.24) is 5.32 Å². The van der Waals surface area contributed by atoms with Crippen LogP contribution in [0.15, 0.2) is 12.1 Å². The van der Waals surface area contributed by atoms with Crippen LogP contribution in [-0.2, 0) is 9.31 Å². The molecule has 1 aliphatic heterocycles. The van der Waals surface area contributed by atoms with Crippen LogP contribution in [0.1, 0.15) is 50.9 Å². The molecule has 0 aromatic heterocycles. The lowest BCUT2D eigenvalue weighted by Crippen LogP contribution is -2.41. The van der Waals surface area contributed by atoms with Crippen molar-refractivity contribution in [2.24, 2.45) is 0 Å². The van der Waals surface area contributed by atoms with Gasteiger partial charge in [-0.3, -0.25) is 4.79 Å². The quantitative estimate of drug-likeness (QED) is 0.544. The van der Waals surface area contributed by atoms with Crippen LogP contribution in [0.5, 0.6) is 11.5 Å². The minimum atomic E-state index is -3.28. The van der Waals surface area contributed by atoms with Crippen LogP contribution in [0.3, 0.4) is 0 Å². The van der Waals surface area contributed by atoms with Crippen molar-refractivity contribution >= 4 is 18.5 Å². The van der Waals surface area contributed by atoms with Crippen LogP contribution in [0.4, 0.5) is 17.6 Å². The summed E-state index contributed by atoms with van der Waals surface area (Å²) < 4.78 is 72.5. The Labute approximate surface area is 166 Å². The van der Waals surface area contributed by atoms with Gasteiger partial charge in [0.25, 0.3) is 5.91 Å². The van der Waals surface area contributed by atoms with Gasteiger partial charge in [-0.2, -0.15) is 17.6 Å². The number of alkyl halides is 4. The average molecular weight is 419 g/mol. The number of carbonyl (C=O) groups is 1. The molecule has 0 unspecified atom stereocenters. The molecule has 1 saturated heterocycles. The fourth-order valence-electron chi connectivity index (χ4n) is 2.81. The Bertz CT molecular complexity index is 739. The highest BCUT2D eigenvalue weighted by Gasteiger charge is 2.52. The van der Waals surface area contributed by atoms with Gasteiger partial charge in [-0.15, -0.1) is 0 Å². The number of hydrogen-bond acceptors (Lipinski definition) is 5. The van der Waals surface area contributed by atoms with Crippen molar-refractivity contribution in [2.75, 3.05) is 0 Å². The van der Waals surface area contributed by atoms with Gasteiger partial charge in [0.2, 0.25) is 0 Å². The average Bonchev–Trinajstić information content (AvgIpc) is 3.31. The summed E-state index contributed by atoms with van der Waals surface area (Å²) in [4.78, 5) is 12.5. The van der Waals surface area contributed by atoms with Gasteiger partial charge in [0.1, 0.15) is 17.1 Å². The van der Waals surface area contributed by atoms with Crippen LogP contribution in [0.2, 0.25) is 0 Å². The van der Waals surface area contributed by atoms with E-state index in [1.807, 2.05) is 0 Å². The minimum Gasteiger partial charge on any atom is -0.434 e. The molecule has 2 fully saturated rings. The maximum absolute atomic E-state index is 13.0. The summed E-state index contributed by atoms with van der Waals surface area (Å²) in [6.07, 6.45) is 1.43. The van der Waals surface area contributed by atoms with E-state index in [0.717, 1.165) is 12.1 Å². The second-order valence-corrected chi connectivity index (χ2v) is 7.99. The SMILES string of the molecule is CC1(C)OB(c2cc(OC(F)F)c(C(=O)NC3CC3)c(OC(F)F)c2)OC1(C)C. The number of amides is 1. The number of benzene rings is 1. The fraction of sp³-hybridized carbons (Fsp3) is 0.611. The Morgan fingerprint density at radius 1 is 1.03 bits per heavy atom. The molecular formula is C18H22BF4NO5. The lowest BCUT2D eigenvalue weighted by molar-refractivity contribution is -0.0548.